The van der Waals surface area contributed by atoms with Crippen molar-refractivity contribution in [1.82, 2.24) is 0 Å². The minimum absolute atomic E-state index is 0.791. The minimum atomic E-state index is 0.791. The second-order valence-electron chi connectivity index (χ2n) is 5.78. The van der Waals surface area contributed by atoms with Crippen molar-refractivity contribution >= 4 is 11.8 Å². The van der Waals surface area contributed by atoms with E-state index in [1.54, 1.807) is 0 Å². The largest absolute Gasteiger partial charge is 0.494 e. The molecule has 2 nitrogen and oxygen atoms in total. The maximum atomic E-state index is 5.69. The van der Waals surface area contributed by atoms with Gasteiger partial charge in [0.05, 0.1) is 12.3 Å². The van der Waals surface area contributed by atoms with Crippen LogP contribution >= 0.6 is 0 Å². The minimum Gasteiger partial charge on any atom is -0.494 e. The Hall–Kier alpha value is -2.35. The van der Waals surface area contributed by atoms with Crippen LogP contribution < -0.4 is 4.74 Å². The zero-order chi connectivity index (χ0) is 15.9. The van der Waals surface area contributed by atoms with Crippen molar-refractivity contribution in [2.24, 2.45) is 4.99 Å². The number of rotatable bonds is 6. The predicted octanol–water partition coefficient (Wildman–Crippen LogP) is 4.92. The van der Waals surface area contributed by atoms with E-state index in [-0.39, 0.29) is 0 Å². The van der Waals surface area contributed by atoms with Gasteiger partial charge < -0.3 is 4.74 Å². The van der Waals surface area contributed by atoms with E-state index in [0.717, 1.165) is 43.9 Å². The first kappa shape index (κ1) is 15.5. The molecule has 0 saturated heterocycles. The van der Waals surface area contributed by atoms with Crippen LogP contribution in [0.4, 0.5) is 0 Å². The summed E-state index contributed by atoms with van der Waals surface area (Å²) in [5.41, 5.74) is 4.89. The monoisotopic (exact) mass is 305 g/mol. The van der Waals surface area contributed by atoms with Crippen LogP contribution in [0.3, 0.4) is 0 Å². The molecule has 0 amide bonds. The molecule has 0 bridgehead atoms. The molecule has 2 heteroatoms. The quantitative estimate of drug-likeness (QED) is 0.694. The van der Waals surface area contributed by atoms with E-state index in [9.17, 15) is 0 Å². The summed E-state index contributed by atoms with van der Waals surface area (Å²) in [5.74, 6) is 0.941. The summed E-state index contributed by atoms with van der Waals surface area (Å²) in [6.07, 6.45) is 7.53. The molecule has 1 heterocycles. The van der Waals surface area contributed by atoms with Crippen molar-refractivity contribution < 1.29 is 4.74 Å². The number of aliphatic imine (C=N–C) groups is 1. The third-order valence-electron chi connectivity index (χ3n) is 4.04. The van der Waals surface area contributed by atoms with Gasteiger partial charge in [-0.25, -0.2) is 0 Å². The van der Waals surface area contributed by atoms with Gasteiger partial charge in [-0.2, -0.15) is 0 Å². The molecule has 23 heavy (non-hydrogen) atoms. The number of unbranched alkanes of at least 4 members (excludes halogenated alkanes) is 1. The van der Waals surface area contributed by atoms with Crippen LogP contribution in [-0.2, 0) is 6.42 Å². The standard InChI is InChI=1S/C21H23NO/c1-2-3-16-23-19-11-8-17(9-12-19)10-13-21-20-7-5-4-6-18(20)14-15-22-21/h4-13H,2-3,14-16H2,1H3. The van der Waals surface area contributed by atoms with Gasteiger partial charge in [0.2, 0.25) is 0 Å². The van der Waals surface area contributed by atoms with E-state index in [2.05, 4.69) is 60.5 Å². The highest BCUT2D eigenvalue weighted by Crippen LogP contribution is 2.18. The molecule has 3 rings (SSSR count). The highest BCUT2D eigenvalue weighted by Gasteiger charge is 2.10. The van der Waals surface area contributed by atoms with Gasteiger partial charge in [0.1, 0.15) is 5.75 Å². The fourth-order valence-electron chi connectivity index (χ4n) is 2.70. The van der Waals surface area contributed by atoms with Crippen LogP contribution in [0, 0.1) is 0 Å². The van der Waals surface area contributed by atoms with E-state index in [0.29, 0.717) is 0 Å². The maximum Gasteiger partial charge on any atom is 0.119 e. The molecule has 2 aromatic carbocycles. The van der Waals surface area contributed by atoms with Crippen molar-refractivity contribution in [1.29, 1.82) is 0 Å². The summed E-state index contributed by atoms with van der Waals surface area (Å²) in [7, 11) is 0. The molecule has 0 saturated carbocycles. The third kappa shape index (κ3) is 4.10. The lowest BCUT2D eigenvalue weighted by molar-refractivity contribution is 0.309. The van der Waals surface area contributed by atoms with Gasteiger partial charge >= 0.3 is 0 Å². The first-order valence-corrected chi connectivity index (χ1v) is 8.40. The summed E-state index contributed by atoms with van der Waals surface area (Å²) in [6.45, 7) is 3.84. The van der Waals surface area contributed by atoms with Crippen LogP contribution in [0.5, 0.6) is 5.75 Å². The Kier molecular flexibility index (Phi) is 5.25. The molecule has 118 valence electrons. The van der Waals surface area contributed by atoms with Gasteiger partial charge in [0, 0.05) is 12.1 Å². The van der Waals surface area contributed by atoms with Crippen LogP contribution in [-0.4, -0.2) is 18.9 Å². The Morgan fingerprint density at radius 2 is 1.87 bits per heavy atom. The van der Waals surface area contributed by atoms with E-state index in [1.165, 1.54) is 16.7 Å². The van der Waals surface area contributed by atoms with Crippen molar-refractivity contribution in [3.8, 4) is 5.75 Å². The zero-order valence-corrected chi connectivity index (χ0v) is 13.7. The van der Waals surface area contributed by atoms with Gasteiger partial charge in [0.25, 0.3) is 0 Å². The third-order valence-corrected chi connectivity index (χ3v) is 4.04. The smallest absolute Gasteiger partial charge is 0.119 e. The number of allylic oxidation sites excluding steroid dienone is 1. The highest BCUT2D eigenvalue weighted by atomic mass is 16.5. The maximum absolute atomic E-state index is 5.69. The molecule has 0 unspecified atom stereocenters. The molecule has 0 aromatic heterocycles. The summed E-state index contributed by atoms with van der Waals surface area (Å²) in [6, 6.07) is 16.8. The van der Waals surface area contributed by atoms with Crippen molar-refractivity contribution in [2.45, 2.75) is 26.2 Å². The van der Waals surface area contributed by atoms with E-state index < -0.39 is 0 Å². The molecule has 0 spiro atoms. The van der Waals surface area contributed by atoms with E-state index >= 15 is 0 Å². The fraction of sp³-hybridized carbons (Fsp3) is 0.286. The Bertz CT molecular complexity index is 698. The second kappa shape index (κ2) is 7.77. The van der Waals surface area contributed by atoms with Crippen LogP contribution in [0.15, 0.2) is 59.6 Å². The average Bonchev–Trinajstić information content (AvgIpc) is 2.61. The molecular weight excluding hydrogens is 282 g/mol. The molecular formula is C21H23NO. The summed E-state index contributed by atoms with van der Waals surface area (Å²) >= 11 is 0. The van der Waals surface area contributed by atoms with Crippen LogP contribution in [0.2, 0.25) is 0 Å². The Morgan fingerprint density at radius 1 is 1.04 bits per heavy atom. The number of nitrogens with zero attached hydrogens (tertiary/aromatic N) is 1. The Labute approximate surface area is 138 Å². The molecule has 0 N–H and O–H groups in total. The number of hydrogen-bond acceptors (Lipinski definition) is 2. The summed E-state index contributed by atoms with van der Waals surface area (Å²) < 4.78 is 5.69. The molecule has 0 fully saturated rings. The van der Waals surface area contributed by atoms with Crippen molar-refractivity contribution in [3.63, 3.8) is 0 Å². The normalized spacial score (nSPS) is 13.7. The second-order valence-corrected chi connectivity index (χ2v) is 5.78. The van der Waals surface area contributed by atoms with Crippen LogP contribution in [0.1, 0.15) is 36.5 Å². The number of hydrogen-bond donors (Lipinski definition) is 0. The lowest BCUT2D eigenvalue weighted by atomic mass is 9.97. The topological polar surface area (TPSA) is 21.6 Å². The number of benzene rings is 2. The number of fused-ring (bicyclic) bond motifs is 1. The lowest BCUT2D eigenvalue weighted by Gasteiger charge is -2.14. The Morgan fingerprint density at radius 3 is 2.70 bits per heavy atom. The molecule has 2 aromatic rings. The van der Waals surface area contributed by atoms with Crippen molar-refractivity contribution in [3.05, 3.63) is 71.3 Å². The van der Waals surface area contributed by atoms with Crippen LogP contribution in [0.25, 0.3) is 6.08 Å². The molecule has 0 atom stereocenters. The first-order chi connectivity index (χ1) is 11.4. The number of ether oxygens (including phenoxy) is 1. The first-order valence-electron chi connectivity index (χ1n) is 8.40. The fourth-order valence-corrected chi connectivity index (χ4v) is 2.70. The average molecular weight is 305 g/mol. The molecule has 1 aliphatic heterocycles. The van der Waals surface area contributed by atoms with Gasteiger partial charge in [0.15, 0.2) is 0 Å². The SMILES string of the molecule is CCCCOc1ccc(C=CC2=NCCc3ccccc32)cc1. The molecule has 1 aliphatic rings. The zero-order valence-electron chi connectivity index (χ0n) is 13.7. The van der Waals surface area contributed by atoms with Crippen molar-refractivity contribution in [2.75, 3.05) is 13.2 Å². The van der Waals surface area contributed by atoms with Gasteiger partial charge in [-0.3, -0.25) is 4.99 Å². The van der Waals surface area contributed by atoms with E-state index in [4.69, 9.17) is 4.74 Å². The molecule has 0 aliphatic carbocycles. The van der Waals surface area contributed by atoms with Gasteiger partial charge in [-0.1, -0.05) is 55.8 Å². The van der Waals surface area contributed by atoms with Gasteiger partial charge in [-0.05, 0) is 42.2 Å². The highest BCUT2D eigenvalue weighted by molar-refractivity contribution is 6.12. The Balaban J connectivity index is 1.67. The summed E-state index contributed by atoms with van der Waals surface area (Å²) in [5, 5.41) is 0. The van der Waals surface area contributed by atoms with E-state index in [1.807, 2.05) is 12.1 Å². The summed E-state index contributed by atoms with van der Waals surface area (Å²) in [4.78, 5) is 4.66. The lowest BCUT2D eigenvalue weighted by Crippen LogP contribution is -2.10. The molecule has 0 radical (unpaired) electrons. The predicted molar refractivity (Wildman–Crippen MR) is 97.4 cm³/mol. The van der Waals surface area contributed by atoms with Gasteiger partial charge in [-0.15, -0.1) is 0 Å².